The summed E-state index contributed by atoms with van der Waals surface area (Å²) in [6, 6.07) is -0.154. The highest BCUT2D eigenvalue weighted by atomic mass is 16.5. The molecule has 8 nitrogen and oxygen atoms in total. The van der Waals surface area contributed by atoms with Gasteiger partial charge in [0.05, 0.1) is 18.3 Å². The van der Waals surface area contributed by atoms with Crippen molar-refractivity contribution in [2.75, 3.05) is 13.7 Å². The topological polar surface area (TPSA) is 88.9 Å². The number of hydrogen-bond donors (Lipinski definition) is 1. The van der Waals surface area contributed by atoms with Crippen molar-refractivity contribution in [2.45, 2.75) is 39.0 Å². The Kier molecular flexibility index (Phi) is 3.93. The van der Waals surface area contributed by atoms with Gasteiger partial charge >= 0.3 is 0 Å². The van der Waals surface area contributed by atoms with Crippen LogP contribution in [-0.4, -0.2) is 55.5 Å². The molecule has 3 heterocycles. The van der Waals surface area contributed by atoms with E-state index in [0.717, 1.165) is 11.4 Å². The summed E-state index contributed by atoms with van der Waals surface area (Å²) in [7, 11) is 1.66. The molecular formula is C14H20N6O2. The van der Waals surface area contributed by atoms with Crippen molar-refractivity contribution in [1.29, 1.82) is 0 Å². The third-order valence-corrected chi connectivity index (χ3v) is 3.89. The van der Waals surface area contributed by atoms with E-state index in [0.29, 0.717) is 18.8 Å². The van der Waals surface area contributed by atoms with Crippen LogP contribution in [0.2, 0.25) is 0 Å². The maximum absolute atomic E-state index is 12.6. The summed E-state index contributed by atoms with van der Waals surface area (Å²) < 4.78 is 7.07. The number of aromatic amines is 1. The van der Waals surface area contributed by atoms with Gasteiger partial charge in [-0.1, -0.05) is 0 Å². The number of amides is 1. The summed E-state index contributed by atoms with van der Waals surface area (Å²) >= 11 is 0. The molecule has 0 bridgehead atoms. The fourth-order valence-electron chi connectivity index (χ4n) is 2.78. The molecule has 2 aromatic heterocycles. The van der Waals surface area contributed by atoms with Crippen molar-refractivity contribution in [2.24, 2.45) is 0 Å². The SMILES string of the molecule is CO[C@H]1C[C@@H](c2n[nH]c(C)n2)N(C(=O)Cn2cc(C)cn2)C1. The molecule has 0 saturated carbocycles. The smallest absolute Gasteiger partial charge is 0.245 e. The molecule has 2 atom stereocenters. The minimum Gasteiger partial charge on any atom is -0.380 e. The molecular weight excluding hydrogens is 284 g/mol. The summed E-state index contributed by atoms with van der Waals surface area (Å²) in [6.45, 7) is 4.56. The molecule has 1 aliphatic heterocycles. The number of nitrogens with zero attached hydrogens (tertiary/aromatic N) is 5. The van der Waals surface area contributed by atoms with Gasteiger partial charge in [0.25, 0.3) is 0 Å². The first-order valence-electron chi connectivity index (χ1n) is 7.27. The lowest BCUT2D eigenvalue weighted by Crippen LogP contribution is -2.35. The number of likely N-dealkylation sites (tertiary alicyclic amines) is 1. The average molecular weight is 304 g/mol. The third-order valence-electron chi connectivity index (χ3n) is 3.89. The zero-order valence-electron chi connectivity index (χ0n) is 13.0. The Morgan fingerprint density at radius 2 is 2.32 bits per heavy atom. The van der Waals surface area contributed by atoms with Crippen LogP contribution in [0.4, 0.5) is 0 Å². The number of carbonyl (C=O) groups excluding carboxylic acids is 1. The molecule has 0 unspecified atom stereocenters. The Morgan fingerprint density at radius 1 is 1.50 bits per heavy atom. The van der Waals surface area contributed by atoms with Gasteiger partial charge in [-0.3, -0.25) is 14.6 Å². The predicted molar refractivity (Wildman–Crippen MR) is 78.0 cm³/mol. The number of carbonyl (C=O) groups is 1. The van der Waals surface area contributed by atoms with Gasteiger partial charge in [-0.2, -0.15) is 10.2 Å². The van der Waals surface area contributed by atoms with Gasteiger partial charge in [0.15, 0.2) is 5.82 Å². The van der Waals surface area contributed by atoms with Crippen LogP contribution in [0.15, 0.2) is 12.4 Å². The van der Waals surface area contributed by atoms with E-state index in [1.54, 1.807) is 22.9 Å². The first-order chi connectivity index (χ1) is 10.6. The maximum Gasteiger partial charge on any atom is 0.245 e. The molecule has 0 aromatic carbocycles. The van der Waals surface area contributed by atoms with Gasteiger partial charge in [-0.05, 0) is 19.4 Å². The molecule has 0 aliphatic carbocycles. The van der Waals surface area contributed by atoms with E-state index in [1.165, 1.54) is 0 Å². The standard InChI is InChI=1S/C14H20N6O2/c1-9-5-15-19(6-9)8-13(21)20-7-11(22-3)4-12(20)14-16-10(2)17-18-14/h5-6,11-12H,4,7-8H2,1-3H3,(H,16,17,18)/t11-,12-/m0/s1. The minimum absolute atomic E-state index is 0.00453. The summed E-state index contributed by atoms with van der Waals surface area (Å²) in [5.74, 6) is 1.38. The lowest BCUT2D eigenvalue weighted by atomic mass is 10.2. The monoisotopic (exact) mass is 304 g/mol. The molecule has 1 amide bonds. The summed E-state index contributed by atoms with van der Waals surface area (Å²) in [5, 5.41) is 11.2. The van der Waals surface area contributed by atoms with E-state index in [-0.39, 0.29) is 24.6 Å². The Hall–Kier alpha value is -2.22. The largest absolute Gasteiger partial charge is 0.380 e. The number of methoxy groups -OCH3 is 1. The maximum atomic E-state index is 12.6. The van der Waals surface area contributed by atoms with Gasteiger partial charge in [0, 0.05) is 26.3 Å². The number of H-pyrrole nitrogens is 1. The van der Waals surface area contributed by atoms with Crippen molar-refractivity contribution in [3.8, 4) is 0 Å². The highest BCUT2D eigenvalue weighted by Gasteiger charge is 2.38. The second kappa shape index (κ2) is 5.88. The van der Waals surface area contributed by atoms with Crippen LogP contribution in [0.1, 0.15) is 29.7 Å². The fraction of sp³-hybridized carbons (Fsp3) is 0.571. The normalized spacial score (nSPS) is 21.5. The van der Waals surface area contributed by atoms with Crippen LogP contribution in [-0.2, 0) is 16.1 Å². The highest BCUT2D eigenvalue weighted by molar-refractivity contribution is 5.76. The molecule has 1 saturated heterocycles. The van der Waals surface area contributed by atoms with E-state index in [2.05, 4.69) is 20.3 Å². The molecule has 22 heavy (non-hydrogen) atoms. The zero-order chi connectivity index (χ0) is 15.7. The molecule has 0 spiro atoms. The summed E-state index contributed by atoms with van der Waals surface area (Å²) in [6.07, 6.45) is 4.31. The second-order valence-electron chi connectivity index (χ2n) is 5.65. The van der Waals surface area contributed by atoms with E-state index >= 15 is 0 Å². The van der Waals surface area contributed by atoms with Gasteiger partial charge in [0.1, 0.15) is 12.4 Å². The fourth-order valence-corrected chi connectivity index (χ4v) is 2.78. The lowest BCUT2D eigenvalue weighted by molar-refractivity contribution is -0.133. The Labute approximate surface area is 128 Å². The van der Waals surface area contributed by atoms with Crippen LogP contribution in [0.25, 0.3) is 0 Å². The molecule has 1 N–H and O–H groups in total. The van der Waals surface area contributed by atoms with Crippen molar-refractivity contribution >= 4 is 5.91 Å². The van der Waals surface area contributed by atoms with Crippen molar-refractivity contribution < 1.29 is 9.53 Å². The number of aryl methyl sites for hydroxylation is 2. The summed E-state index contributed by atoms with van der Waals surface area (Å²) in [5.41, 5.74) is 1.03. The van der Waals surface area contributed by atoms with Crippen LogP contribution in [0.5, 0.6) is 0 Å². The Bertz CT molecular complexity index is 664. The molecule has 3 rings (SSSR count). The molecule has 1 aliphatic rings. The lowest BCUT2D eigenvalue weighted by Gasteiger charge is -2.22. The molecule has 118 valence electrons. The zero-order valence-corrected chi connectivity index (χ0v) is 13.0. The quantitative estimate of drug-likeness (QED) is 0.894. The second-order valence-corrected chi connectivity index (χ2v) is 5.65. The van der Waals surface area contributed by atoms with Crippen molar-refractivity contribution in [3.63, 3.8) is 0 Å². The number of nitrogens with one attached hydrogen (secondary N) is 1. The molecule has 8 heteroatoms. The first kappa shape index (κ1) is 14.7. The van der Waals surface area contributed by atoms with E-state index in [9.17, 15) is 4.79 Å². The van der Waals surface area contributed by atoms with Gasteiger partial charge in [0.2, 0.25) is 5.91 Å². The van der Waals surface area contributed by atoms with Gasteiger partial charge < -0.3 is 9.64 Å². The Balaban J connectivity index is 1.78. The minimum atomic E-state index is -0.154. The van der Waals surface area contributed by atoms with Crippen LogP contribution >= 0.6 is 0 Å². The number of rotatable bonds is 4. The van der Waals surface area contributed by atoms with Crippen LogP contribution in [0, 0.1) is 13.8 Å². The van der Waals surface area contributed by atoms with Crippen LogP contribution in [0.3, 0.4) is 0 Å². The molecule has 1 fully saturated rings. The third kappa shape index (κ3) is 2.87. The number of hydrogen-bond acceptors (Lipinski definition) is 5. The predicted octanol–water partition coefficient (Wildman–Crippen LogP) is 0.607. The van der Waals surface area contributed by atoms with E-state index < -0.39 is 0 Å². The van der Waals surface area contributed by atoms with Crippen molar-refractivity contribution in [1.82, 2.24) is 29.9 Å². The van der Waals surface area contributed by atoms with E-state index in [1.807, 2.05) is 20.0 Å². The number of ether oxygens (including phenoxy) is 1. The molecule has 2 aromatic rings. The van der Waals surface area contributed by atoms with E-state index in [4.69, 9.17) is 4.74 Å². The van der Waals surface area contributed by atoms with Gasteiger partial charge in [-0.25, -0.2) is 4.98 Å². The van der Waals surface area contributed by atoms with Gasteiger partial charge in [-0.15, -0.1) is 0 Å². The van der Waals surface area contributed by atoms with Crippen molar-refractivity contribution in [3.05, 3.63) is 29.6 Å². The summed E-state index contributed by atoms with van der Waals surface area (Å²) in [4.78, 5) is 18.8. The Morgan fingerprint density at radius 3 is 2.91 bits per heavy atom. The number of aromatic nitrogens is 5. The molecule has 0 radical (unpaired) electrons. The average Bonchev–Trinajstić information content (AvgIpc) is 3.18. The van der Waals surface area contributed by atoms with Crippen LogP contribution < -0.4 is 0 Å². The highest BCUT2D eigenvalue weighted by Crippen LogP contribution is 2.31. The first-order valence-corrected chi connectivity index (χ1v) is 7.27.